The van der Waals surface area contributed by atoms with Crippen LogP contribution in [-0.2, 0) is 16.1 Å². The molecular formula is C34H40N2O5. The number of carbonyl (C=O) groups is 1. The fourth-order valence-electron chi connectivity index (χ4n) is 5.38. The molecule has 1 aliphatic heterocycles. The van der Waals surface area contributed by atoms with Crippen molar-refractivity contribution in [3.05, 3.63) is 83.4 Å². The zero-order valence-corrected chi connectivity index (χ0v) is 24.3. The largest absolute Gasteiger partial charge is 0.497 e. The topological polar surface area (TPSA) is 69.3 Å². The van der Waals surface area contributed by atoms with E-state index in [0.29, 0.717) is 32.1 Å². The average molecular weight is 557 g/mol. The molecule has 0 spiro atoms. The molecule has 7 nitrogen and oxygen atoms in total. The lowest BCUT2D eigenvalue weighted by Gasteiger charge is -2.29. The molecule has 1 aliphatic carbocycles. The van der Waals surface area contributed by atoms with Crippen LogP contribution in [0, 0.1) is 0 Å². The Labute approximate surface area is 243 Å². The molecule has 1 saturated carbocycles. The van der Waals surface area contributed by atoms with E-state index < -0.39 is 0 Å². The number of benzene rings is 3. The molecule has 3 aromatic carbocycles. The first-order chi connectivity index (χ1) is 20.1. The van der Waals surface area contributed by atoms with Crippen molar-refractivity contribution in [3.63, 3.8) is 0 Å². The first-order valence-corrected chi connectivity index (χ1v) is 14.4. The molecule has 3 aromatic rings. The van der Waals surface area contributed by atoms with Crippen LogP contribution in [0.5, 0.6) is 17.2 Å². The first-order valence-electron chi connectivity index (χ1n) is 14.4. The highest BCUT2D eigenvalue weighted by molar-refractivity contribution is 6.03. The van der Waals surface area contributed by atoms with Gasteiger partial charge in [-0.2, -0.15) is 0 Å². The standard InChI is InChI=1S/C34H40N2O5/c1-38-16-7-17-41-29-19-24(18-28(21-29)39-2)23-36(27-11-12-27)34(37)32-22-35-15-14-30(32)31-20-26(10-13-33(31)40-3)25-8-5-4-6-9-25/h4-6,8-10,13,18-21,27,35H,7,11-12,14-17,22-23H2,1-3H3. The lowest BCUT2D eigenvalue weighted by molar-refractivity contribution is -0.128. The maximum absolute atomic E-state index is 14.3. The number of nitrogens with one attached hydrogen (secondary N) is 1. The van der Waals surface area contributed by atoms with E-state index >= 15 is 0 Å². The van der Waals surface area contributed by atoms with Crippen LogP contribution in [0.2, 0.25) is 0 Å². The summed E-state index contributed by atoms with van der Waals surface area (Å²) < 4.78 is 22.5. The molecule has 0 radical (unpaired) electrons. The monoisotopic (exact) mass is 556 g/mol. The van der Waals surface area contributed by atoms with Gasteiger partial charge in [-0.1, -0.05) is 36.4 Å². The summed E-state index contributed by atoms with van der Waals surface area (Å²) in [7, 11) is 5.03. The summed E-state index contributed by atoms with van der Waals surface area (Å²) >= 11 is 0. The second-order valence-corrected chi connectivity index (χ2v) is 10.5. The predicted octanol–water partition coefficient (Wildman–Crippen LogP) is 5.72. The van der Waals surface area contributed by atoms with Crippen LogP contribution in [-0.4, -0.2) is 64.5 Å². The Kier molecular flexibility index (Phi) is 9.59. The molecule has 216 valence electrons. The summed E-state index contributed by atoms with van der Waals surface area (Å²) in [5.74, 6) is 2.31. The number of hydrogen-bond donors (Lipinski definition) is 1. The van der Waals surface area contributed by atoms with E-state index in [1.165, 1.54) is 0 Å². The highest BCUT2D eigenvalue weighted by Crippen LogP contribution is 2.38. The quantitative estimate of drug-likeness (QED) is 0.272. The first kappa shape index (κ1) is 28.7. The van der Waals surface area contributed by atoms with Gasteiger partial charge in [-0.05, 0) is 72.3 Å². The van der Waals surface area contributed by atoms with Crippen molar-refractivity contribution in [2.45, 2.75) is 38.3 Å². The van der Waals surface area contributed by atoms with Crippen molar-refractivity contribution in [1.82, 2.24) is 10.2 Å². The lowest BCUT2D eigenvalue weighted by atomic mass is 9.90. The molecule has 0 bridgehead atoms. The van der Waals surface area contributed by atoms with Crippen molar-refractivity contribution in [2.24, 2.45) is 0 Å². The van der Waals surface area contributed by atoms with Crippen molar-refractivity contribution < 1.29 is 23.7 Å². The Morgan fingerprint density at radius 1 is 0.902 bits per heavy atom. The van der Waals surface area contributed by atoms with Gasteiger partial charge in [-0.15, -0.1) is 0 Å². The molecule has 1 amide bonds. The molecule has 1 N–H and O–H groups in total. The summed E-state index contributed by atoms with van der Waals surface area (Å²) in [6, 6.07) is 22.7. The molecule has 41 heavy (non-hydrogen) atoms. The third-order valence-electron chi connectivity index (χ3n) is 7.65. The van der Waals surface area contributed by atoms with Gasteiger partial charge in [0.15, 0.2) is 0 Å². The number of carbonyl (C=O) groups excluding carboxylic acids is 1. The van der Waals surface area contributed by atoms with Gasteiger partial charge in [-0.3, -0.25) is 4.79 Å². The number of methoxy groups -OCH3 is 3. The Balaban J connectivity index is 1.46. The van der Waals surface area contributed by atoms with Gasteiger partial charge >= 0.3 is 0 Å². The minimum absolute atomic E-state index is 0.0762. The van der Waals surface area contributed by atoms with Crippen LogP contribution in [0.25, 0.3) is 16.7 Å². The Bertz CT molecular complexity index is 1370. The highest BCUT2D eigenvalue weighted by atomic mass is 16.5. The zero-order valence-electron chi connectivity index (χ0n) is 24.3. The van der Waals surface area contributed by atoms with Crippen LogP contribution < -0.4 is 19.5 Å². The van der Waals surface area contributed by atoms with Crippen LogP contribution in [0.4, 0.5) is 0 Å². The number of nitrogens with zero attached hydrogens (tertiary/aromatic N) is 1. The molecular weight excluding hydrogens is 516 g/mol. The second kappa shape index (κ2) is 13.7. The minimum atomic E-state index is 0.0762. The van der Waals surface area contributed by atoms with Crippen molar-refractivity contribution in [3.8, 4) is 28.4 Å². The van der Waals surface area contributed by atoms with E-state index in [0.717, 1.165) is 77.1 Å². The van der Waals surface area contributed by atoms with Crippen molar-refractivity contribution >= 4 is 11.5 Å². The molecule has 0 atom stereocenters. The van der Waals surface area contributed by atoms with Gasteiger partial charge < -0.3 is 29.2 Å². The van der Waals surface area contributed by atoms with Crippen LogP contribution >= 0.6 is 0 Å². The van der Waals surface area contributed by atoms with Crippen LogP contribution in [0.3, 0.4) is 0 Å². The fourth-order valence-corrected chi connectivity index (χ4v) is 5.38. The Hall–Kier alpha value is -3.81. The molecule has 0 saturated heterocycles. The van der Waals surface area contributed by atoms with E-state index in [-0.39, 0.29) is 11.9 Å². The van der Waals surface area contributed by atoms with Gasteiger partial charge in [0.25, 0.3) is 5.91 Å². The molecule has 2 aliphatic rings. The van der Waals surface area contributed by atoms with E-state index in [4.69, 9.17) is 18.9 Å². The number of hydrogen-bond acceptors (Lipinski definition) is 6. The smallest absolute Gasteiger partial charge is 0.251 e. The third kappa shape index (κ3) is 7.10. The van der Waals surface area contributed by atoms with Crippen LogP contribution in [0.1, 0.15) is 36.8 Å². The number of rotatable bonds is 13. The van der Waals surface area contributed by atoms with Gasteiger partial charge in [0.2, 0.25) is 0 Å². The van der Waals surface area contributed by atoms with Gasteiger partial charge in [0, 0.05) is 56.5 Å². The summed E-state index contributed by atoms with van der Waals surface area (Å²) in [6.45, 7) is 3.03. The number of ether oxygens (including phenoxy) is 4. The maximum atomic E-state index is 14.3. The van der Waals surface area contributed by atoms with Crippen molar-refractivity contribution in [1.29, 1.82) is 0 Å². The van der Waals surface area contributed by atoms with E-state index in [1.54, 1.807) is 21.3 Å². The lowest BCUT2D eigenvalue weighted by Crippen LogP contribution is -2.39. The van der Waals surface area contributed by atoms with Crippen LogP contribution in [0.15, 0.2) is 72.3 Å². The van der Waals surface area contributed by atoms with Gasteiger partial charge in [0.05, 0.1) is 20.8 Å². The predicted molar refractivity (Wildman–Crippen MR) is 161 cm³/mol. The minimum Gasteiger partial charge on any atom is -0.497 e. The Morgan fingerprint density at radius 2 is 1.71 bits per heavy atom. The summed E-state index contributed by atoms with van der Waals surface area (Å²) in [4.78, 5) is 16.3. The van der Waals surface area contributed by atoms with E-state index in [1.807, 2.05) is 47.4 Å². The molecule has 0 unspecified atom stereocenters. The van der Waals surface area contributed by atoms with Gasteiger partial charge in [0.1, 0.15) is 17.2 Å². The zero-order chi connectivity index (χ0) is 28.6. The van der Waals surface area contributed by atoms with Gasteiger partial charge in [-0.25, -0.2) is 0 Å². The second-order valence-electron chi connectivity index (χ2n) is 10.5. The Morgan fingerprint density at radius 3 is 2.44 bits per heavy atom. The average Bonchev–Trinajstić information content (AvgIpc) is 3.87. The van der Waals surface area contributed by atoms with Crippen molar-refractivity contribution in [2.75, 3.05) is 47.6 Å². The summed E-state index contributed by atoms with van der Waals surface area (Å²) in [5.41, 5.74) is 6.08. The normalized spacial score (nSPS) is 15.0. The third-order valence-corrected chi connectivity index (χ3v) is 7.65. The summed E-state index contributed by atoms with van der Waals surface area (Å²) in [5, 5.41) is 3.44. The highest BCUT2D eigenvalue weighted by Gasteiger charge is 2.36. The number of amides is 1. The molecule has 1 fully saturated rings. The SMILES string of the molecule is COCCCOc1cc(CN(C(=O)C2=C(c3cc(-c4ccccc4)ccc3OC)CCNC2)C2CC2)cc(OC)c1. The maximum Gasteiger partial charge on any atom is 0.251 e. The van der Waals surface area contributed by atoms with E-state index in [2.05, 4.69) is 29.6 Å². The molecule has 1 heterocycles. The molecule has 7 heteroatoms. The van der Waals surface area contributed by atoms with E-state index in [9.17, 15) is 4.79 Å². The summed E-state index contributed by atoms with van der Waals surface area (Å²) in [6.07, 6.45) is 3.58. The molecule has 5 rings (SSSR count). The fraction of sp³-hybridized carbons (Fsp3) is 0.382. The molecule has 0 aromatic heterocycles.